The van der Waals surface area contributed by atoms with Crippen molar-refractivity contribution in [1.82, 2.24) is 0 Å². The number of nitrogens with one attached hydrogen (secondary N) is 1. The van der Waals surface area contributed by atoms with Crippen molar-refractivity contribution in [3.8, 4) is 0 Å². The van der Waals surface area contributed by atoms with Gasteiger partial charge in [-0.2, -0.15) is 0 Å². The topological polar surface area (TPSA) is 72.2 Å². The summed E-state index contributed by atoms with van der Waals surface area (Å²) < 4.78 is 39.2. The van der Waals surface area contributed by atoms with Crippen molar-refractivity contribution in [3.05, 3.63) is 24.0 Å². The van der Waals surface area contributed by atoms with Crippen LogP contribution in [0.2, 0.25) is 0 Å². The first kappa shape index (κ1) is 12.2. The number of nitrogen functional groups attached to an aromatic ring is 1. The molecular formula is C11H15FN2O2S. The fourth-order valence-corrected chi connectivity index (χ4v) is 3.67. The van der Waals surface area contributed by atoms with Crippen molar-refractivity contribution in [1.29, 1.82) is 0 Å². The number of halogens is 1. The van der Waals surface area contributed by atoms with Crippen LogP contribution < -0.4 is 10.5 Å². The molecule has 0 aliphatic heterocycles. The van der Waals surface area contributed by atoms with E-state index >= 15 is 0 Å². The molecule has 6 heteroatoms. The first-order valence-electron chi connectivity index (χ1n) is 5.56. The van der Waals surface area contributed by atoms with Gasteiger partial charge in [0.15, 0.2) is 0 Å². The maximum Gasteiger partial charge on any atom is 0.235 e. The molecule has 1 fully saturated rings. The van der Waals surface area contributed by atoms with Crippen LogP contribution in [0.25, 0.3) is 0 Å². The van der Waals surface area contributed by atoms with E-state index < -0.39 is 15.8 Å². The van der Waals surface area contributed by atoms with Crippen LogP contribution in [0.1, 0.15) is 25.7 Å². The van der Waals surface area contributed by atoms with Gasteiger partial charge in [0.05, 0.1) is 16.6 Å². The van der Waals surface area contributed by atoms with Gasteiger partial charge in [0.2, 0.25) is 10.0 Å². The SMILES string of the molecule is Nc1cc(F)ccc1NS(=O)(=O)C1CCCC1. The second-order valence-electron chi connectivity index (χ2n) is 4.29. The van der Waals surface area contributed by atoms with E-state index in [1.54, 1.807) is 0 Å². The minimum Gasteiger partial charge on any atom is -0.397 e. The van der Waals surface area contributed by atoms with Gasteiger partial charge < -0.3 is 5.73 Å². The van der Waals surface area contributed by atoms with Crippen LogP contribution in [0.5, 0.6) is 0 Å². The Bertz CT molecular complexity index is 510. The molecule has 1 aromatic rings. The molecule has 94 valence electrons. The normalized spacial score (nSPS) is 17.2. The quantitative estimate of drug-likeness (QED) is 0.815. The molecule has 4 nitrogen and oxygen atoms in total. The van der Waals surface area contributed by atoms with Crippen molar-refractivity contribution in [3.63, 3.8) is 0 Å². The Balaban J connectivity index is 2.19. The molecule has 0 bridgehead atoms. The van der Waals surface area contributed by atoms with E-state index in [-0.39, 0.29) is 16.6 Å². The molecule has 3 N–H and O–H groups in total. The number of rotatable bonds is 3. The Morgan fingerprint density at radius 3 is 2.53 bits per heavy atom. The number of hydrogen-bond donors (Lipinski definition) is 2. The molecular weight excluding hydrogens is 243 g/mol. The molecule has 0 atom stereocenters. The largest absolute Gasteiger partial charge is 0.397 e. The summed E-state index contributed by atoms with van der Waals surface area (Å²) in [5.41, 5.74) is 5.91. The zero-order valence-electron chi connectivity index (χ0n) is 9.32. The zero-order chi connectivity index (χ0) is 12.5. The van der Waals surface area contributed by atoms with Gasteiger partial charge >= 0.3 is 0 Å². The minimum absolute atomic E-state index is 0.103. The summed E-state index contributed by atoms with van der Waals surface area (Å²) in [4.78, 5) is 0. The molecule has 0 unspecified atom stereocenters. The molecule has 1 aromatic carbocycles. The van der Waals surface area contributed by atoms with Crippen molar-refractivity contribution >= 4 is 21.4 Å². The van der Waals surface area contributed by atoms with Crippen molar-refractivity contribution < 1.29 is 12.8 Å². The molecule has 17 heavy (non-hydrogen) atoms. The highest BCUT2D eigenvalue weighted by Crippen LogP contribution is 2.28. The van der Waals surface area contributed by atoms with Gasteiger partial charge in [-0.3, -0.25) is 4.72 Å². The average molecular weight is 258 g/mol. The molecule has 1 aliphatic rings. The standard InChI is InChI=1S/C11H15FN2O2S/c12-8-5-6-11(10(13)7-8)14-17(15,16)9-3-1-2-4-9/h5-7,9,14H,1-4,13H2. The number of anilines is 2. The van der Waals surface area contributed by atoms with Gasteiger partial charge in [-0.1, -0.05) is 12.8 Å². The third-order valence-electron chi connectivity index (χ3n) is 3.01. The maximum atomic E-state index is 12.8. The molecule has 0 saturated heterocycles. The fourth-order valence-electron chi connectivity index (χ4n) is 2.06. The predicted octanol–water partition coefficient (Wildman–Crippen LogP) is 2.09. The highest BCUT2D eigenvalue weighted by molar-refractivity contribution is 7.93. The van der Waals surface area contributed by atoms with E-state index in [4.69, 9.17) is 5.73 Å². The summed E-state index contributed by atoms with van der Waals surface area (Å²) in [7, 11) is -3.40. The monoisotopic (exact) mass is 258 g/mol. The predicted molar refractivity (Wildman–Crippen MR) is 65.6 cm³/mol. The van der Waals surface area contributed by atoms with Crippen molar-refractivity contribution in [2.24, 2.45) is 0 Å². The van der Waals surface area contributed by atoms with Gasteiger partial charge in [-0.25, -0.2) is 12.8 Å². The summed E-state index contributed by atoms with van der Waals surface area (Å²) in [5.74, 6) is -0.480. The Morgan fingerprint density at radius 2 is 1.94 bits per heavy atom. The summed E-state index contributed by atoms with van der Waals surface area (Å²) in [6.07, 6.45) is 3.22. The van der Waals surface area contributed by atoms with Crippen molar-refractivity contribution in [2.75, 3.05) is 10.5 Å². The van der Waals surface area contributed by atoms with E-state index in [0.717, 1.165) is 18.9 Å². The van der Waals surface area contributed by atoms with Gasteiger partial charge in [-0.05, 0) is 31.0 Å². The molecule has 1 saturated carbocycles. The molecule has 0 spiro atoms. The first-order valence-corrected chi connectivity index (χ1v) is 7.10. The van der Waals surface area contributed by atoms with Crippen molar-refractivity contribution in [2.45, 2.75) is 30.9 Å². The van der Waals surface area contributed by atoms with E-state index in [1.165, 1.54) is 12.1 Å². The Kier molecular flexibility index (Phi) is 3.24. The van der Waals surface area contributed by atoms with E-state index in [1.807, 2.05) is 0 Å². The average Bonchev–Trinajstić information content (AvgIpc) is 2.76. The highest BCUT2D eigenvalue weighted by atomic mass is 32.2. The fraction of sp³-hybridized carbons (Fsp3) is 0.455. The van der Waals surface area contributed by atoms with Crippen LogP contribution in [0.15, 0.2) is 18.2 Å². The first-order chi connectivity index (χ1) is 7.99. The smallest absolute Gasteiger partial charge is 0.235 e. The van der Waals surface area contributed by atoms with Crippen LogP contribution in [0.3, 0.4) is 0 Å². The lowest BCUT2D eigenvalue weighted by Crippen LogP contribution is -2.25. The van der Waals surface area contributed by atoms with Crippen LogP contribution in [0, 0.1) is 5.82 Å². The molecule has 1 aliphatic carbocycles. The molecule has 0 radical (unpaired) electrons. The zero-order valence-corrected chi connectivity index (χ0v) is 10.1. The number of benzene rings is 1. The lowest BCUT2D eigenvalue weighted by Gasteiger charge is -2.14. The van der Waals surface area contributed by atoms with Crippen LogP contribution in [-0.2, 0) is 10.0 Å². The summed E-state index contributed by atoms with van der Waals surface area (Å²) in [6.45, 7) is 0. The maximum absolute atomic E-state index is 12.8. The highest BCUT2D eigenvalue weighted by Gasteiger charge is 2.28. The molecule has 2 rings (SSSR count). The lowest BCUT2D eigenvalue weighted by molar-refractivity contribution is 0.585. The Morgan fingerprint density at radius 1 is 1.29 bits per heavy atom. The van der Waals surface area contributed by atoms with E-state index in [9.17, 15) is 12.8 Å². The van der Waals surface area contributed by atoms with Crippen LogP contribution >= 0.6 is 0 Å². The van der Waals surface area contributed by atoms with Gasteiger partial charge in [0, 0.05) is 0 Å². The third kappa shape index (κ3) is 2.69. The number of hydrogen-bond acceptors (Lipinski definition) is 3. The number of nitrogens with two attached hydrogens (primary N) is 1. The Hall–Kier alpha value is -1.30. The summed E-state index contributed by atoms with van der Waals surface area (Å²) >= 11 is 0. The van der Waals surface area contributed by atoms with Gasteiger partial charge in [0.25, 0.3) is 0 Å². The van der Waals surface area contributed by atoms with E-state index in [2.05, 4.69) is 4.72 Å². The molecule has 0 amide bonds. The summed E-state index contributed by atoms with van der Waals surface area (Å²) in [5, 5.41) is -0.355. The van der Waals surface area contributed by atoms with Crippen LogP contribution in [0.4, 0.5) is 15.8 Å². The van der Waals surface area contributed by atoms with Crippen LogP contribution in [-0.4, -0.2) is 13.7 Å². The number of sulfonamides is 1. The molecule has 0 heterocycles. The summed E-state index contributed by atoms with van der Waals surface area (Å²) in [6, 6.07) is 3.63. The molecule has 0 aromatic heterocycles. The second-order valence-corrected chi connectivity index (χ2v) is 6.25. The third-order valence-corrected chi connectivity index (χ3v) is 4.86. The van der Waals surface area contributed by atoms with Gasteiger partial charge in [0.1, 0.15) is 5.82 Å². The minimum atomic E-state index is -3.40. The lowest BCUT2D eigenvalue weighted by atomic mass is 10.3. The van der Waals surface area contributed by atoms with E-state index in [0.29, 0.717) is 12.8 Å². The van der Waals surface area contributed by atoms with Gasteiger partial charge in [-0.15, -0.1) is 0 Å². The Labute approximate surface area is 100 Å². The second kappa shape index (κ2) is 4.52.